The molecular formula is C21H19NO3S2. The summed E-state index contributed by atoms with van der Waals surface area (Å²) in [5, 5.41) is 0. The fourth-order valence-corrected chi connectivity index (χ4v) is 5.03. The molecule has 1 heterocycles. The minimum atomic E-state index is -3.76. The lowest BCUT2D eigenvalue weighted by Crippen LogP contribution is -2.26. The highest BCUT2D eigenvalue weighted by molar-refractivity contribution is 7.99. The van der Waals surface area contributed by atoms with Gasteiger partial charge in [-0.25, -0.2) is 0 Å². The van der Waals surface area contributed by atoms with Crippen LogP contribution in [0.3, 0.4) is 0 Å². The Labute approximate surface area is 163 Å². The Morgan fingerprint density at radius 2 is 1.41 bits per heavy atom. The first-order valence-electron chi connectivity index (χ1n) is 8.64. The fraction of sp³-hybridized carbons (Fsp3) is 0.143. The molecule has 4 nitrogen and oxygen atoms in total. The summed E-state index contributed by atoms with van der Waals surface area (Å²) in [6.07, 6.45) is 0. The number of benzene rings is 3. The molecule has 4 rings (SSSR count). The van der Waals surface area contributed by atoms with Gasteiger partial charge in [0.25, 0.3) is 10.1 Å². The number of rotatable bonds is 5. The van der Waals surface area contributed by atoms with Gasteiger partial charge >= 0.3 is 0 Å². The topological polar surface area (TPSA) is 46.6 Å². The summed E-state index contributed by atoms with van der Waals surface area (Å²) in [6, 6.07) is 22.9. The Morgan fingerprint density at radius 1 is 0.852 bits per heavy atom. The molecule has 1 aliphatic rings. The van der Waals surface area contributed by atoms with E-state index in [-0.39, 0.29) is 11.5 Å². The van der Waals surface area contributed by atoms with Crippen molar-refractivity contribution in [2.45, 2.75) is 21.6 Å². The molecule has 27 heavy (non-hydrogen) atoms. The number of hydrogen-bond donors (Lipinski definition) is 0. The van der Waals surface area contributed by atoms with Gasteiger partial charge < -0.3 is 4.90 Å². The molecule has 0 bridgehead atoms. The molecule has 0 aromatic heterocycles. The molecule has 0 N–H and O–H groups in total. The summed E-state index contributed by atoms with van der Waals surface area (Å²) in [7, 11) is -3.76. The van der Waals surface area contributed by atoms with E-state index >= 15 is 0 Å². The molecule has 0 unspecified atom stereocenters. The molecule has 0 saturated heterocycles. The summed E-state index contributed by atoms with van der Waals surface area (Å²) in [6.45, 7) is 2.43. The summed E-state index contributed by atoms with van der Waals surface area (Å²) in [4.78, 5) is 4.60. The third-order valence-corrected chi connectivity index (χ3v) is 6.85. The van der Waals surface area contributed by atoms with E-state index in [1.54, 1.807) is 36.0 Å². The van der Waals surface area contributed by atoms with E-state index in [1.807, 2.05) is 43.3 Å². The average molecular weight is 398 g/mol. The first-order valence-corrected chi connectivity index (χ1v) is 10.9. The first kappa shape index (κ1) is 18.1. The number of fused-ring (bicyclic) bond motifs is 2. The number of hydrogen-bond acceptors (Lipinski definition) is 5. The summed E-state index contributed by atoms with van der Waals surface area (Å²) < 4.78 is 30.2. The number of aryl methyl sites for hydroxylation is 1. The van der Waals surface area contributed by atoms with E-state index in [9.17, 15) is 8.42 Å². The Morgan fingerprint density at radius 3 is 2.00 bits per heavy atom. The molecular weight excluding hydrogens is 378 g/mol. The van der Waals surface area contributed by atoms with Gasteiger partial charge in [-0.15, -0.1) is 0 Å². The minimum Gasteiger partial charge on any atom is -0.337 e. The number of para-hydroxylation sites is 2. The highest BCUT2D eigenvalue weighted by Crippen LogP contribution is 2.47. The van der Waals surface area contributed by atoms with Crippen molar-refractivity contribution in [2.75, 3.05) is 18.1 Å². The highest BCUT2D eigenvalue weighted by atomic mass is 32.2. The van der Waals surface area contributed by atoms with E-state index < -0.39 is 10.1 Å². The van der Waals surface area contributed by atoms with Gasteiger partial charge in [0, 0.05) is 16.3 Å². The fourth-order valence-electron chi connectivity index (χ4n) is 3.03. The summed E-state index contributed by atoms with van der Waals surface area (Å²) in [5.74, 6) is 0. The molecule has 0 atom stereocenters. The molecule has 0 saturated carbocycles. The second-order valence-electron chi connectivity index (χ2n) is 6.28. The van der Waals surface area contributed by atoms with Crippen LogP contribution in [0.15, 0.2) is 87.5 Å². The highest BCUT2D eigenvalue weighted by Gasteiger charge is 2.23. The van der Waals surface area contributed by atoms with Crippen molar-refractivity contribution < 1.29 is 12.6 Å². The van der Waals surface area contributed by atoms with Crippen molar-refractivity contribution in [1.29, 1.82) is 0 Å². The lowest BCUT2D eigenvalue weighted by molar-refractivity contribution is 0.326. The van der Waals surface area contributed by atoms with Crippen molar-refractivity contribution >= 4 is 33.3 Å². The number of nitrogens with zero attached hydrogens (tertiary/aromatic N) is 1. The molecule has 3 aromatic rings. The number of anilines is 2. The van der Waals surface area contributed by atoms with E-state index in [4.69, 9.17) is 4.18 Å². The van der Waals surface area contributed by atoms with E-state index in [0.29, 0.717) is 6.54 Å². The maximum absolute atomic E-state index is 12.4. The van der Waals surface area contributed by atoms with Crippen LogP contribution in [0.25, 0.3) is 0 Å². The average Bonchev–Trinajstić information content (AvgIpc) is 2.67. The Hall–Kier alpha value is -2.28. The molecule has 6 heteroatoms. The van der Waals surface area contributed by atoms with Gasteiger partial charge in [0.05, 0.1) is 22.9 Å². The van der Waals surface area contributed by atoms with Crippen LogP contribution in [0.4, 0.5) is 11.4 Å². The van der Waals surface area contributed by atoms with E-state index in [1.165, 1.54) is 0 Å². The van der Waals surface area contributed by atoms with Gasteiger partial charge in [-0.05, 0) is 43.3 Å². The predicted molar refractivity (Wildman–Crippen MR) is 108 cm³/mol. The molecule has 0 fully saturated rings. The van der Waals surface area contributed by atoms with Crippen LogP contribution in [-0.4, -0.2) is 21.6 Å². The van der Waals surface area contributed by atoms with Gasteiger partial charge in [0.15, 0.2) is 0 Å². The van der Waals surface area contributed by atoms with E-state index in [2.05, 4.69) is 17.0 Å². The maximum atomic E-state index is 12.4. The summed E-state index contributed by atoms with van der Waals surface area (Å²) in [5.41, 5.74) is 3.14. The third-order valence-electron chi connectivity index (χ3n) is 4.40. The molecule has 0 aliphatic carbocycles. The predicted octanol–water partition coefficient (Wildman–Crippen LogP) is 5.00. The SMILES string of the molecule is Cc1ccc(S(=O)(=O)OCCN2c3ccccc3Sc3ccccc32)cc1. The van der Waals surface area contributed by atoms with Crippen LogP contribution >= 0.6 is 11.8 Å². The second kappa shape index (κ2) is 7.38. The van der Waals surface area contributed by atoms with Crippen LogP contribution in [0, 0.1) is 6.92 Å². The third kappa shape index (κ3) is 3.74. The van der Waals surface area contributed by atoms with Crippen molar-refractivity contribution in [3.8, 4) is 0 Å². The van der Waals surface area contributed by atoms with Gasteiger partial charge in [-0.2, -0.15) is 8.42 Å². The van der Waals surface area contributed by atoms with Crippen molar-refractivity contribution in [3.63, 3.8) is 0 Å². The lowest BCUT2D eigenvalue weighted by atomic mass is 10.2. The lowest BCUT2D eigenvalue weighted by Gasteiger charge is -2.32. The molecule has 1 aliphatic heterocycles. The largest absolute Gasteiger partial charge is 0.337 e. The maximum Gasteiger partial charge on any atom is 0.297 e. The van der Waals surface area contributed by atoms with Crippen LogP contribution in [0.1, 0.15) is 5.56 Å². The Kier molecular flexibility index (Phi) is 4.95. The quantitative estimate of drug-likeness (QED) is 0.567. The van der Waals surface area contributed by atoms with Crippen molar-refractivity contribution in [3.05, 3.63) is 78.4 Å². The van der Waals surface area contributed by atoms with Crippen molar-refractivity contribution in [2.24, 2.45) is 0 Å². The van der Waals surface area contributed by atoms with Gasteiger partial charge in [-0.1, -0.05) is 53.7 Å². The van der Waals surface area contributed by atoms with Crippen molar-refractivity contribution in [1.82, 2.24) is 0 Å². The molecule has 138 valence electrons. The molecule has 3 aromatic carbocycles. The Bertz CT molecular complexity index is 1020. The zero-order valence-electron chi connectivity index (χ0n) is 14.8. The van der Waals surface area contributed by atoms with Crippen LogP contribution < -0.4 is 4.90 Å². The normalized spacial score (nSPS) is 13.1. The summed E-state index contributed by atoms with van der Waals surface area (Å²) >= 11 is 1.72. The first-order chi connectivity index (χ1) is 13.0. The monoisotopic (exact) mass is 397 g/mol. The smallest absolute Gasteiger partial charge is 0.297 e. The van der Waals surface area contributed by atoms with Gasteiger partial charge in [-0.3, -0.25) is 4.18 Å². The van der Waals surface area contributed by atoms with Crippen LogP contribution in [0.5, 0.6) is 0 Å². The molecule has 0 spiro atoms. The van der Waals surface area contributed by atoms with E-state index in [0.717, 1.165) is 26.7 Å². The molecule has 0 amide bonds. The van der Waals surface area contributed by atoms with Crippen LogP contribution in [-0.2, 0) is 14.3 Å². The minimum absolute atomic E-state index is 0.0730. The van der Waals surface area contributed by atoms with Crippen LogP contribution in [0.2, 0.25) is 0 Å². The standard InChI is InChI=1S/C21H19NO3S2/c1-16-10-12-17(13-11-16)27(23,24)25-15-14-22-18-6-2-4-8-20(18)26-21-9-5-3-7-19(21)22/h2-13H,14-15H2,1H3. The zero-order chi connectivity index (χ0) is 18.9. The Balaban J connectivity index is 1.54. The van der Waals surface area contributed by atoms with Gasteiger partial charge in [0.2, 0.25) is 0 Å². The molecule has 0 radical (unpaired) electrons. The zero-order valence-corrected chi connectivity index (χ0v) is 16.5. The van der Waals surface area contributed by atoms with Gasteiger partial charge in [0.1, 0.15) is 0 Å². The second-order valence-corrected chi connectivity index (χ2v) is 8.98.